The number of methoxy groups -OCH3 is 1. The van der Waals surface area contributed by atoms with Gasteiger partial charge in [0.15, 0.2) is 11.6 Å². The van der Waals surface area contributed by atoms with Gasteiger partial charge in [0.25, 0.3) is 0 Å². The third kappa shape index (κ3) is 7.01. The molecule has 2 atom stereocenters. The Bertz CT molecular complexity index is 495. The Morgan fingerprint density at radius 1 is 1.11 bits per heavy atom. The van der Waals surface area contributed by atoms with Gasteiger partial charge in [-0.15, -0.1) is 0 Å². The van der Waals surface area contributed by atoms with Crippen LogP contribution >= 0.6 is 0 Å². The highest BCUT2D eigenvalue weighted by atomic mass is 16.7. The molecule has 2 fully saturated rings. The van der Waals surface area contributed by atoms with Crippen molar-refractivity contribution in [2.24, 2.45) is 11.8 Å². The topological polar surface area (TPSA) is 82.1 Å². The molecule has 1 spiro atoms. The number of carbonyl (C=O) groups excluding carboxylic acids is 1. The van der Waals surface area contributed by atoms with Crippen molar-refractivity contribution in [3.63, 3.8) is 0 Å². The zero-order valence-electron chi connectivity index (χ0n) is 16.5. The first-order valence-electron chi connectivity index (χ1n) is 10.3. The predicted octanol–water partition coefficient (Wildman–Crippen LogP) is 3.73. The fourth-order valence-electron chi connectivity index (χ4n) is 4.27. The minimum Gasteiger partial charge on any atom is -0.481 e. The van der Waals surface area contributed by atoms with Gasteiger partial charge in [-0.25, -0.2) is 0 Å². The van der Waals surface area contributed by atoms with Crippen LogP contribution < -0.4 is 0 Å². The van der Waals surface area contributed by atoms with Gasteiger partial charge in [-0.2, -0.15) is 0 Å². The smallest absolute Gasteiger partial charge is 0.303 e. The van der Waals surface area contributed by atoms with E-state index in [-0.39, 0.29) is 18.1 Å². The minimum absolute atomic E-state index is 0.147. The fourth-order valence-corrected chi connectivity index (χ4v) is 4.27. The molecule has 0 aromatic rings. The number of rotatable bonds is 13. The molecule has 154 valence electrons. The second-order valence-corrected chi connectivity index (χ2v) is 7.59. The zero-order chi connectivity index (χ0) is 19.5. The molecule has 1 heterocycles. The molecule has 1 saturated heterocycles. The number of carbonyl (C=O) groups is 2. The van der Waals surface area contributed by atoms with Crippen LogP contribution in [0.15, 0.2) is 12.2 Å². The summed E-state index contributed by atoms with van der Waals surface area (Å²) in [7, 11) is 1.65. The molecule has 27 heavy (non-hydrogen) atoms. The average molecular weight is 382 g/mol. The van der Waals surface area contributed by atoms with Crippen molar-refractivity contribution in [2.75, 3.05) is 26.9 Å². The second-order valence-electron chi connectivity index (χ2n) is 7.59. The molecule has 0 amide bonds. The summed E-state index contributed by atoms with van der Waals surface area (Å²) in [5, 5.41) is 8.71. The summed E-state index contributed by atoms with van der Waals surface area (Å²) < 4.78 is 17.0. The van der Waals surface area contributed by atoms with Crippen LogP contribution in [0, 0.1) is 11.8 Å². The Balaban J connectivity index is 1.83. The first kappa shape index (κ1) is 22.1. The summed E-state index contributed by atoms with van der Waals surface area (Å²) >= 11 is 0. The summed E-state index contributed by atoms with van der Waals surface area (Å²) in [4.78, 5) is 22.6. The third-order valence-corrected chi connectivity index (χ3v) is 5.64. The first-order valence-corrected chi connectivity index (χ1v) is 10.3. The summed E-state index contributed by atoms with van der Waals surface area (Å²) in [6, 6.07) is 0. The van der Waals surface area contributed by atoms with E-state index in [9.17, 15) is 9.59 Å². The Hall–Kier alpha value is -1.24. The van der Waals surface area contributed by atoms with E-state index in [1.807, 2.05) is 0 Å². The number of unbranched alkanes of at least 4 members (excludes halogenated alkanes) is 3. The number of ketones is 1. The third-order valence-electron chi connectivity index (χ3n) is 5.64. The molecule has 1 N–H and O–H groups in total. The Morgan fingerprint density at radius 3 is 2.56 bits per heavy atom. The van der Waals surface area contributed by atoms with Crippen LogP contribution in [0.1, 0.15) is 64.2 Å². The maximum absolute atomic E-state index is 12.0. The van der Waals surface area contributed by atoms with Crippen molar-refractivity contribution in [1.82, 2.24) is 0 Å². The monoisotopic (exact) mass is 382 g/mol. The van der Waals surface area contributed by atoms with Gasteiger partial charge in [0.05, 0.1) is 13.2 Å². The van der Waals surface area contributed by atoms with Gasteiger partial charge in [0, 0.05) is 38.9 Å². The van der Waals surface area contributed by atoms with Crippen molar-refractivity contribution in [1.29, 1.82) is 0 Å². The van der Waals surface area contributed by atoms with E-state index >= 15 is 0 Å². The lowest BCUT2D eigenvalue weighted by Gasteiger charge is -2.31. The number of aliphatic carboxylic acids is 1. The largest absolute Gasteiger partial charge is 0.481 e. The Kier molecular flexibility index (Phi) is 9.45. The quantitative estimate of drug-likeness (QED) is 0.386. The number of hydrogen-bond acceptors (Lipinski definition) is 5. The van der Waals surface area contributed by atoms with Crippen LogP contribution in [0.25, 0.3) is 0 Å². The molecule has 2 unspecified atom stereocenters. The summed E-state index contributed by atoms with van der Waals surface area (Å²) in [5.74, 6) is -0.489. The normalized spacial score (nSPS) is 24.2. The van der Waals surface area contributed by atoms with E-state index in [1.54, 1.807) is 13.2 Å². The van der Waals surface area contributed by atoms with E-state index in [0.717, 1.165) is 51.4 Å². The SMILES string of the molecule is COCCCC(=O)C=CC1CCC2(OCCO2)C1CCCCCCC(=O)O. The van der Waals surface area contributed by atoms with E-state index in [4.69, 9.17) is 19.3 Å². The van der Waals surface area contributed by atoms with Crippen molar-refractivity contribution in [2.45, 2.75) is 70.0 Å². The molecule has 6 heteroatoms. The van der Waals surface area contributed by atoms with Crippen LogP contribution in [0.2, 0.25) is 0 Å². The Morgan fingerprint density at radius 2 is 1.85 bits per heavy atom. The van der Waals surface area contributed by atoms with Gasteiger partial charge in [-0.3, -0.25) is 9.59 Å². The molecule has 0 aromatic heterocycles. The maximum Gasteiger partial charge on any atom is 0.303 e. The molecule has 0 radical (unpaired) electrons. The number of allylic oxidation sites excluding steroid dienone is 2. The molecule has 0 bridgehead atoms. The van der Waals surface area contributed by atoms with Gasteiger partial charge in [-0.1, -0.05) is 25.3 Å². The molecule has 0 aromatic carbocycles. The second kappa shape index (κ2) is 11.6. The van der Waals surface area contributed by atoms with Crippen LogP contribution in [-0.4, -0.2) is 49.6 Å². The zero-order valence-corrected chi connectivity index (χ0v) is 16.5. The van der Waals surface area contributed by atoms with Crippen LogP contribution in [0.5, 0.6) is 0 Å². The molecule has 1 aliphatic heterocycles. The van der Waals surface area contributed by atoms with Gasteiger partial charge in [0.2, 0.25) is 0 Å². The van der Waals surface area contributed by atoms with Crippen LogP contribution in [-0.2, 0) is 23.8 Å². The molecule has 2 aliphatic rings. The number of hydrogen-bond donors (Lipinski definition) is 1. The molecule has 1 saturated carbocycles. The van der Waals surface area contributed by atoms with Crippen molar-refractivity contribution >= 4 is 11.8 Å². The van der Waals surface area contributed by atoms with E-state index in [1.165, 1.54) is 0 Å². The molecule has 1 aliphatic carbocycles. The summed E-state index contributed by atoms with van der Waals surface area (Å²) in [6.45, 7) is 1.89. The fraction of sp³-hybridized carbons (Fsp3) is 0.810. The van der Waals surface area contributed by atoms with Crippen molar-refractivity contribution < 1.29 is 28.9 Å². The standard InChI is InChI=1S/C21H34O6/c1-25-14-6-7-18(22)11-10-17-12-13-21(26-15-16-27-21)19(17)8-4-2-3-5-9-20(23)24/h10-11,17,19H,2-9,12-16H2,1H3,(H,23,24). The minimum atomic E-state index is -0.724. The van der Waals surface area contributed by atoms with Crippen LogP contribution in [0.4, 0.5) is 0 Å². The van der Waals surface area contributed by atoms with E-state index < -0.39 is 11.8 Å². The molecular weight excluding hydrogens is 348 g/mol. The van der Waals surface area contributed by atoms with E-state index in [0.29, 0.717) is 32.2 Å². The van der Waals surface area contributed by atoms with Crippen molar-refractivity contribution in [3.8, 4) is 0 Å². The Labute approximate surface area is 162 Å². The average Bonchev–Trinajstić information content (AvgIpc) is 3.24. The number of carboxylic acids is 1. The lowest BCUT2D eigenvalue weighted by atomic mass is 9.87. The molecular formula is C21H34O6. The van der Waals surface area contributed by atoms with Gasteiger partial charge >= 0.3 is 5.97 Å². The highest BCUT2D eigenvalue weighted by Crippen LogP contribution is 2.48. The van der Waals surface area contributed by atoms with Crippen LogP contribution in [0.3, 0.4) is 0 Å². The van der Waals surface area contributed by atoms with Crippen molar-refractivity contribution in [3.05, 3.63) is 12.2 Å². The molecule has 2 rings (SSSR count). The predicted molar refractivity (Wildman–Crippen MR) is 101 cm³/mol. The number of ether oxygens (including phenoxy) is 3. The van der Waals surface area contributed by atoms with Gasteiger partial charge in [0.1, 0.15) is 0 Å². The first-order chi connectivity index (χ1) is 13.1. The highest BCUT2D eigenvalue weighted by Gasteiger charge is 2.51. The molecule has 6 nitrogen and oxygen atoms in total. The van der Waals surface area contributed by atoms with E-state index in [2.05, 4.69) is 6.08 Å². The summed E-state index contributed by atoms with van der Waals surface area (Å²) in [5.41, 5.74) is 0. The maximum atomic E-state index is 12.0. The highest BCUT2D eigenvalue weighted by molar-refractivity contribution is 5.89. The van der Waals surface area contributed by atoms with Gasteiger partial charge < -0.3 is 19.3 Å². The lowest BCUT2D eigenvalue weighted by Crippen LogP contribution is -2.36. The number of carboxylic acid groups (broad SMARTS) is 1. The lowest BCUT2D eigenvalue weighted by molar-refractivity contribution is -0.186. The van der Waals surface area contributed by atoms with Gasteiger partial charge in [-0.05, 0) is 37.7 Å². The summed E-state index contributed by atoms with van der Waals surface area (Å²) in [6.07, 6.45) is 11.9.